The first kappa shape index (κ1) is 39.0. The molecule has 0 bridgehead atoms. The molecule has 0 aliphatic carbocycles. The Bertz CT molecular complexity index is 725. The highest BCUT2D eigenvalue weighted by molar-refractivity contribution is 5.76. The van der Waals surface area contributed by atoms with Gasteiger partial charge in [-0.25, -0.2) is 0 Å². The molecule has 4 N–H and O–H groups in total. The summed E-state index contributed by atoms with van der Waals surface area (Å²) in [5.74, 6) is -0.138. The third-order valence-corrected chi connectivity index (χ3v) is 7.07. The van der Waals surface area contributed by atoms with Crippen molar-refractivity contribution in [3.8, 4) is 0 Å². The van der Waals surface area contributed by atoms with Gasteiger partial charge in [0, 0.05) is 6.42 Å². The summed E-state index contributed by atoms with van der Waals surface area (Å²) in [7, 11) is 0. The molecular weight excluding hydrogens is 510 g/mol. The lowest BCUT2D eigenvalue weighted by Gasteiger charge is -2.19. The van der Waals surface area contributed by atoms with Gasteiger partial charge in [-0.2, -0.15) is 0 Å². The van der Waals surface area contributed by atoms with Crippen LogP contribution in [0.2, 0.25) is 0 Å². The maximum absolute atomic E-state index is 12.2. The lowest BCUT2D eigenvalue weighted by Crippen LogP contribution is -2.45. The van der Waals surface area contributed by atoms with E-state index in [2.05, 4.69) is 55.6 Å². The van der Waals surface area contributed by atoms with Gasteiger partial charge in [-0.15, -0.1) is 0 Å². The molecule has 0 aromatic carbocycles. The second-order valence-electron chi connectivity index (χ2n) is 11.0. The molecule has 0 saturated carbocycles. The summed E-state index contributed by atoms with van der Waals surface area (Å²) in [6.45, 7) is 4.09. The van der Waals surface area contributed by atoms with Crippen molar-refractivity contribution in [1.29, 1.82) is 0 Å². The predicted octanol–water partition coefficient (Wildman–Crippen LogP) is 8.42. The van der Waals surface area contributed by atoms with E-state index >= 15 is 0 Å². The van der Waals surface area contributed by atoms with E-state index < -0.39 is 12.1 Å². The summed E-state index contributed by atoms with van der Waals surface area (Å²) >= 11 is 0. The summed E-state index contributed by atoms with van der Waals surface area (Å²) in [6, 6.07) is -0.662. The Labute approximate surface area is 252 Å². The van der Waals surface area contributed by atoms with Crippen LogP contribution in [0, 0.1) is 0 Å². The van der Waals surface area contributed by atoms with E-state index in [9.17, 15) is 20.1 Å². The molecule has 41 heavy (non-hydrogen) atoms. The molecular formula is C36H63NO4. The number of hydrogen-bond acceptors (Lipinski definition) is 4. The van der Waals surface area contributed by atoms with E-state index in [4.69, 9.17) is 0 Å². The first-order valence-electron chi connectivity index (χ1n) is 16.6. The largest absolute Gasteiger partial charge is 0.394 e. The molecule has 1 amide bonds. The van der Waals surface area contributed by atoms with Gasteiger partial charge in [-0.3, -0.25) is 4.79 Å². The van der Waals surface area contributed by atoms with Crippen molar-refractivity contribution >= 4 is 5.91 Å². The van der Waals surface area contributed by atoms with E-state index in [0.29, 0.717) is 6.42 Å². The number of amides is 1. The SMILES string of the molecule is CCCCCCCCCCC/C=C/[C@@H](O)[C@H](CO)NC(=O)CCC/C=C\C/C=C\C/C=C\C/C=C\[C@H](O)CCCC. The van der Waals surface area contributed by atoms with Gasteiger partial charge in [-0.1, -0.05) is 139 Å². The zero-order valence-electron chi connectivity index (χ0n) is 26.4. The molecule has 0 spiro atoms. The Balaban J connectivity index is 3.86. The van der Waals surface area contributed by atoms with Gasteiger partial charge in [0.05, 0.1) is 24.9 Å². The molecule has 0 aliphatic rings. The maximum Gasteiger partial charge on any atom is 0.220 e. The van der Waals surface area contributed by atoms with Crippen LogP contribution < -0.4 is 5.32 Å². The Hall–Kier alpha value is -1.95. The standard InChI is InChI=1S/C36H63NO4/c1-3-5-7-8-9-10-13-17-20-23-26-30-35(40)34(32-38)37-36(41)31-27-24-21-18-15-12-11-14-16-19-22-25-29-33(39)28-6-4-2/h11-12,16,18-19,21,25-26,29-30,33-35,38-40H,3-10,13-15,17,20,22-24,27-28,31-32H2,1-2H3,(H,37,41)/b12-11-,19-16-,21-18-,29-25-,30-26+/t33-,34+,35-/m1/s1. The topological polar surface area (TPSA) is 89.8 Å². The lowest BCUT2D eigenvalue weighted by atomic mass is 10.1. The molecule has 0 rings (SSSR count). The fraction of sp³-hybridized carbons (Fsp3) is 0.694. The van der Waals surface area contributed by atoms with Crippen molar-refractivity contribution in [3.05, 3.63) is 60.8 Å². The van der Waals surface area contributed by atoms with E-state index in [1.807, 2.05) is 18.2 Å². The summed E-state index contributed by atoms with van der Waals surface area (Å²) in [6.07, 6.45) is 39.2. The zero-order chi connectivity index (χ0) is 30.2. The monoisotopic (exact) mass is 573 g/mol. The van der Waals surface area contributed by atoms with Gasteiger partial charge < -0.3 is 20.6 Å². The number of aliphatic hydroxyl groups is 3. The minimum absolute atomic E-state index is 0.138. The van der Waals surface area contributed by atoms with Gasteiger partial charge in [0.15, 0.2) is 0 Å². The zero-order valence-corrected chi connectivity index (χ0v) is 26.4. The van der Waals surface area contributed by atoms with Crippen molar-refractivity contribution in [2.24, 2.45) is 0 Å². The van der Waals surface area contributed by atoms with Crippen LogP contribution in [0.4, 0.5) is 0 Å². The van der Waals surface area contributed by atoms with Crippen LogP contribution in [-0.4, -0.2) is 46.1 Å². The second kappa shape index (κ2) is 31.0. The third-order valence-electron chi connectivity index (χ3n) is 7.07. The van der Waals surface area contributed by atoms with Crippen molar-refractivity contribution in [3.63, 3.8) is 0 Å². The van der Waals surface area contributed by atoms with Gasteiger partial charge in [0.25, 0.3) is 0 Å². The Kier molecular flexibility index (Phi) is 29.5. The van der Waals surface area contributed by atoms with Crippen molar-refractivity contribution in [2.45, 2.75) is 154 Å². The molecule has 5 nitrogen and oxygen atoms in total. The molecule has 236 valence electrons. The predicted molar refractivity (Wildman–Crippen MR) is 176 cm³/mol. The molecule has 0 aromatic rings. The minimum Gasteiger partial charge on any atom is -0.394 e. The van der Waals surface area contributed by atoms with Gasteiger partial charge in [0.1, 0.15) is 0 Å². The number of carbonyl (C=O) groups excluding carboxylic acids is 1. The second-order valence-corrected chi connectivity index (χ2v) is 11.0. The summed E-state index contributed by atoms with van der Waals surface area (Å²) < 4.78 is 0. The molecule has 0 aromatic heterocycles. The van der Waals surface area contributed by atoms with E-state index in [0.717, 1.165) is 64.2 Å². The Morgan fingerprint density at radius 1 is 0.634 bits per heavy atom. The van der Waals surface area contributed by atoms with E-state index in [1.54, 1.807) is 6.08 Å². The molecule has 0 saturated heterocycles. The minimum atomic E-state index is -0.871. The van der Waals surface area contributed by atoms with Crippen molar-refractivity contribution < 1.29 is 20.1 Å². The number of hydrogen-bond donors (Lipinski definition) is 4. The summed E-state index contributed by atoms with van der Waals surface area (Å²) in [5.41, 5.74) is 0. The number of aliphatic hydroxyl groups excluding tert-OH is 3. The van der Waals surface area contributed by atoms with Crippen molar-refractivity contribution in [1.82, 2.24) is 5.32 Å². The third kappa shape index (κ3) is 28.0. The number of rotatable bonds is 28. The van der Waals surface area contributed by atoms with Crippen LogP contribution in [0.15, 0.2) is 60.8 Å². The van der Waals surface area contributed by atoms with Crippen LogP contribution in [0.1, 0.15) is 136 Å². The van der Waals surface area contributed by atoms with Crippen LogP contribution in [0.5, 0.6) is 0 Å². The number of unbranched alkanes of at least 4 members (excludes halogenated alkanes) is 11. The molecule has 0 fully saturated rings. The summed E-state index contributed by atoms with van der Waals surface area (Å²) in [5, 5.41) is 32.5. The molecule has 3 atom stereocenters. The molecule has 0 heterocycles. The molecule has 0 aliphatic heterocycles. The lowest BCUT2D eigenvalue weighted by molar-refractivity contribution is -0.122. The van der Waals surface area contributed by atoms with Crippen LogP contribution in [-0.2, 0) is 4.79 Å². The fourth-order valence-corrected chi connectivity index (χ4v) is 4.42. The van der Waals surface area contributed by atoms with Gasteiger partial charge >= 0.3 is 0 Å². The first-order chi connectivity index (χ1) is 20.0. The summed E-state index contributed by atoms with van der Waals surface area (Å²) in [4.78, 5) is 12.2. The number of carbonyl (C=O) groups is 1. The van der Waals surface area contributed by atoms with Crippen LogP contribution >= 0.6 is 0 Å². The highest BCUT2D eigenvalue weighted by Crippen LogP contribution is 2.11. The highest BCUT2D eigenvalue weighted by atomic mass is 16.3. The molecule has 0 unspecified atom stereocenters. The Morgan fingerprint density at radius 3 is 1.78 bits per heavy atom. The normalized spacial score (nSPS) is 14.8. The van der Waals surface area contributed by atoms with Crippen LogP contribution in [0.3, 0.4) is 0 Å². The Morgan fingerprint density at radius 2 is 1.17 bits per heavy atom. The number of nitrogens with one attached hydrogen (secondary N) is 1. The van der Waals surface area contributed by atoms with E-state index in [-0.39, 0.29) is 18.6 Å². The quantitative estimate of drug-likeness (QED) is 0.0559. The van der Waals surface area contributed by atoms with Gasteiger partial charge in [0.2, 0.25) is 5.91 Å². The molecule has 5 heteroatoms. The molecule has 0 radical (unpaired) electrons. The average Bonchev–Trinajstić information content (AvgIpc) is 2.97. The van der Waals surface area contributed by atoms with E-state index in [1.165, 1.54) is 51.4 Å². The smallest absolute Gasteiger partial charge is 0.220 e. The number of allylic oxidation sites excluding steroid dienone is 8. The maximum atomic E-state index is 12.2. The van der Waals surface area contributed by atoms with Crippen molar-refractivity contribution in [2.75, 3.05) is 6.61 Å². The highest BCUT2D eigenvalue weighted by Gasteiger charge is 2.17. The van der Waals surface area contributed by atoms with Crippen LogP contribution in [0.25, 0.3) is 0 Å². The first-order valence-corrected chi connectivity index (χ1v) is 16.6. The average molecular weight is 574 g/mol. The van der Waals surface area contributed by atoms with Gasteiger partial charge in [-0.05, 0) is 51.4 Å². The fourth-order valence-electron chi connectivity index (χ4n) is 4.42.